The molecule has 8 heteroatoms. The van der Waals surface area contributed by atoms with Crippen LogP contribution in [0.2, 0.25) is 0 Å². The molecule has 0 aliphatic carbocycles. The van der Waals surface area contributed by atoms with Gasteiger partial charge in [0.15, 0.2) is 11.5 Å². The van der Waals surface area contributed by atoms with Gasteiger partial charge in [0.25, 0.3) is 5.56 Å². The summed E-state index contributed by atoms with van der Waals surface area (Å²) in [7, 11) is 1.64. The van der Waals surface area contributed by atoms with Crippen molar-refractivity contribution in [2.24, 2.45) is 0 Å². The number of carbonyl (C=O) groups is 1. The molecule has 1 aliphatic rings. The number of anilines is 1. The fourth-order valence-electron chi connectivity index (χ4n) is 4.77. The lowest BCUT2D eigenvalue weighted by molar-refractivity contribution is -0.131. The number of methoxy groups -OCH3 is 1. The molecular weight excluding hydrogens is 466 g/mol. The number of aryl methyl sites for hydroxylation is 2. The number of fused-ring (bicyclic) bond motifs is 1. The maximum atomic E-state index is 13.6. The standard InChI is InChI=1S/C29H31N5O3/c1-21-9-11-22(12-10-21)20-34-27-24(7-5-15-30-27)31-28(29(34)36)33-18-16-32(17-19-33)26(35)14-13-23-6-3-4-8-25(23)37-2/h3-12,15H,13-14,16-20H2,1-2H3. The number of hydrogen-bond acceptors (Lipinski definition) is 6. The highest BCUT2D eigenvalue weighted by Crippen LogP contribution is 2.20. The predicted octanol–water partition coefficient (Wildman–Crippen LogP) is 3.44. The van der Waals surface area contributed by atoms with Crippen molar-refractivity contribution < 1.29 is 9.53 Å². The molecule has 2 aromatic carbocycles. The van der Waals surface area contributed by atoms with Crippen LogP contribution >= 0.6 is 0 Å². The molecule has 2 aromatic heterocycles. The minimum atomic E-state index is -0.164. The second-order valence-corrected chi connectivity index (χ2v) is 9.34. The fraction of sp³-hybridized carbons (Fsp3) is 0.310. The van der Waals surface area contributed by atoms with Gasteiger partial charge in [0, 0.05) is 38.8 Å². The number of amides is 1. The molecule has 3 heterocycles. The van der Waals surface area contributed by atoms with Crippen LogP contribution in [0.15, 0.2) is 71.7 Å². The number of ether oxygens (including phenoxy) is 1. The molecule has 0 saturated carbocycles. The summed E-state index contributed by atoms with van der Waals surface area (Å²) in [6.07, 6.45) is 2.74. The molecule has 8 nitrogen and oxygen atoms in total. The molecule has 0 bridgehead atoms. The minimum Gasteiger partial charge on any atom is -0.496 e. The Balaban J connectivity index is 1.31. The van der Waals surface area contributed by atoms with E-state index < -0.39 is 0 Å². The highest BCUT2D eigenvalue weighted by Gasteiger charge is 2.25. The van der Waals surface area contributed by atoms with E-state index in [2.05, 4.69) is 4.98 Å². The Kier molecular flexibility index (Phi) is 7.16. The molecule has 0 atom stereocenters. The van der Waals surface area contributed by atoms with Crippen molar-refractivity contribution in [2.75, 3.05) is 38.2 Å². The van der Waals surface area contributed by atoms with Crippen molar-refractivity contribution in [3.63, 3.8) is 0 Å². The maximum absolute atomic E-state index is 13.6. The van der Waals surface area contributed by atoms with Crippen molar-refractivity contribution in [3.05, 3.63) is 93.9 Å². The van der Waals surface area contributed by atoms with Gasteiger partial charge in [0.1, 0.15) is 11.3 Å². The van der Waals surface area contributed by atoms with Gasteiger partial charge in [-0.2, -0.15) is 0 Å². The Labute approximate surface area is 216 Å². The molecular formula is C29H31N5O3. The van der Waals surface area contributed by atoms with Crippen molar-refractivity contribution in [3.8, 4) is 5.75 Å². The zero-order valence-electron chi connectivity index (χ0n) is 21.3. The lowest BCUT2D eigenvalue weighted by Crippen LogP contribution is -2.50. The molecule has 5 rings (SSSR count). The minimum absolute atomic E-state index is 0.109. The topological polar surface area (TPSA) is 80.6 Å². The quantitative estimate of drug-likeness (QED) is 0.389. The van der Waals surface area contributed by atoms with Crippen LogP contribution in [0, 0.1) is 6.92 Å². The Bertz CT molecular complexity index is 1460. The van der Waals surface area contributed by atoms with Crippen LogP contribution in [-0.4, -0.2) is 58.6 Å². The third kappa shape index (κ3) is 5.33. The van der Waals surface area contributed by atoms with Crippen LogP contribution in [0.4, 0.5) is 5.82 Å². The third-order valence-corrected chi connectivity index (χ3v) is 6.88. The largest absolute Gasteiger partial charge is 0.496 e. The predicted molar refractivity (Wildman–Crippen MR) is 144 cm³/mol. The third-order valence-electron chi connectivity index (χ3n) is 6.88. The van der Waals surface area contributed by atoms with Gasteiger partial charge in [-0.25, -0.2) is 9.97 Å². The average molecular weight is 498 g/mol. The smallest absolute Gasteiger partial charge is 0.295 e. The molecule has 0 spiro atoms. The first-order valence-electron chi connectivity index (χ1n) is 12.6. The summed E-state index contributed by atoms with van der Waals surface area (Å²) >= 11 is 0. The summed E-state index contributed by atoms with van der Waals surface area (Å²) < 4.78 is 7.11. The van der Waals surface area contributed by atoms with Gasteiger partial charge >= 0.3 is 0 Å². The number of carbonyl (C=O) groups excluding carboxylic acids is 1. The number of benzene rings is 2. The monoisotopic (exact) mass is 497 g/mol. The molecule has 4 aromatic rings. The molecule has 190 valence electrons. The first kappa shape index (κ1) is 24.5. The van der Waals surface area contributed by atoms with Gasteiger partial charge in [-0.05, 0) is 42.7 Å². The maximum Gasteiger partial charge on any atom is 0.295 e. The van der Waals surface area contributed by atoms with E-state index >= 15 is 0 Å². The van der Waals surface area contributed by atoms with Gasteiger partial charge in [0.05, 0.1) is 13.7 Å². The Hall–Kier alpha value is -4.20. The van der Waals surface area contributed by atoms with Crippen LogP contribution in [0.1, 0.15) is 23.1 Å². The van der Waals surface area contributed by atoms with Gasteiger partial charge in [0.2, 0.25) is 5.91 Å². The number of aromatic nitrogens is 3. The SMILES string of the molecule is COc1ccccc1CCC(=O)N1CCN(c2nc3cccnc3n(Cc3ccc(C)cc3)c2=O)CC1. The van der Waals surface area contributed by atoms with E-state index in [4.69, 9.17) is 9.72 Å². The second kappa shape index (κ2) is 10.8. The van der Waals surface area contributed by atoms with E-state index in [9.17, 15) is 9.59 Å². The molecule has 0 unspecified atom stereocenters. The number of nitrogens with zero attached hydrogens (tertiary/aromatic N) is 5. The zero-order valence-corrected chi connectivity index (χ0v) is 21.3. The highest BCUT2D eigenvalue weighted by atomic mass is 16.5. The highest BCUT2D eigenvalue weighted by molar-refractivity contribution is 5.77. The van der Waals surface area contributed by atoms with Gasteiger partial charge in [-0.3, -0.25) is 14.2 Å². The summed E-state index contributed by atoms with van der Waals surface area (Å²) in [6.45, 7) is 4.67. The van der Waals surface area contributed by atoms with E-state index in [-0.39, 0.29) is 11.5 Å². The van der Waals surface area contributed by atoms with Crippen molar-refractivity contribution >= 4 is 22.9 Å². The molecule has 0 radical (unpaired) electrons. The van der Waals surface area contributed by atoms with Crippen LogP contribution in [0.5, 0.6) is 5.75 Å². The number of rotatable bonds is 7. The fourth-order valence-corrected chi connectivity index (χ4v) is 4.77. The molecule has 1 amide bonds. The number of pyridine rings is 1. The van der Waals surface area contributed by atoms with E-state index in [1.807, 2.05) is 77.4 Å². The van der Waals surface area contributed by atoms with Crippen LogP contribution in [0.25, 0.3) is 11.2 Å². The molecule has 1 saturated heterocycles. The summed E-state index contributed by atoms with van der Waals surface area (Å²) in [5.41, 5.74) is 4.32. The van der Waals surface area contributed by atoms with Crippen LogP contribution < -0.4 is 15.2 Å². The van der Waals surface area contributed by atoms with E-state index in [0.29, 0.717) is 62.5 Å². The van der Waals surface area contributed by atoms with Crippen molar-refractivity contribution in [1.29, 1.82) is 0 Å². The summed E-state index contributed by atoms with van der Waals surface area (Å²) in [5, 5.41) is 0. The summed E-state index contributed by atoms with van der Waals surface area (Å²) in [5.74, 6) is 1.32. The lowest BCUT2D eigenvalue weighted by atomic mass is 10.1. The van der Waals surface area contributed by atoms with E-state index in [1.54, 1.807) is 17.9 Å². The van der Waals surface area contributed by atoms with Gasteiger partial charge in [-0.1, -0.05) is 48.0 Å². The first-order valence-corrected chi connectivity index (χ1v) is 12.6. The Morgan fingerprint density at radius 1 is 0.973 bits per heavy atom. The molecule has 1 aliphatic heterocycles. The van der Waals surface area contributed by atoms with Crippen molar-refractivity contribution in [2.45, 2.75) is 26.3 Å². The van der Waals surface area contributed by atoms with Crippen LogP contribution in [-0.2, 0) is 17.8 Å². The Morgan fingerprint density at radius 3 is 2.49 bits per heavy atom. The lowest BCUT2D eigenvalue weighted by Gasteiger charge is -2.35. The zero-order chi connectivity index (χ0) is 25.8. The molecule has 37 heavy (non-hydrogen) atoms. The van der Waals surface area contributed by atoms with E-state index in [0.717, 1.165) is 16.9 Å². The van der Waals surface area contributed by atoms with Gasteiger partial charge < -0.3 is 14.5 Å². The van der Waals surface area contributed by atoms with Crippen molar-refractivity contribution in [1.82, 2.24) is 19.4 Å². The average Bonchev–Trinajstić information content (AvgIpc) is 2.94. The first-order chi connectivity index (χ1) is 18.0. The van der Waals surface area contributed by atoms with Crippen LogP contribution in [0.3, 0.4) is 0 Å². The van der Waals surface area contributed by atoms with E-state index in [1.165, 1.54) is 5.56 Å². The molecule has 0 N–H and O–H groups in total. The normalized spacial score (nSPS) is 13.7. The second-order valence-electron chi connectivity index (χ2n) is 9.34. The number of hydrogen-bond donors (Lipinski definition) is 0. The number of piperazine rings is 1. The molecule has 1 fully saturated rings. The summed E-state index contributed by atoms with van der Waals surface area (Å²) in [4.78, 5) is 39.5. The van der Waals surface area contributed by atoms with Gasteiger partial charge in [-0.15, -0.1) is 0 Å². The number of para-hydroxylation sites is 1. The summed E-state index contributed by atoms with van der Waals surface area (Å²) in [6, 6.07) is 19.7. The Morgan fingerprint density at radius 2 is 1.73 bits per heavy atom.